The zero-order valence-electron chi connectivity index (χ0n) is 8.69. The molecule has 2 heterocycles. The molecule has 1 saturated heterocycles. The molecule has 7 heteroatoms. The van der Waals surface area contributed by atoms with Crippen molar-refractivity contribution in [2.24, 2.45) is 0 Å². The molecule has 1 aliphatic rings. The van der Waals surface area contributed by atoms with Crippen molar-refractivity contribution >= 4 is 23.5 Å². The maximum atomic E-state index is 13.3. The van der Waals surface area contributed by atoms with Crippen LogP contribution in [-0.4, -0.2) is 39.7 Å². The van der Waals surface area contributed by atoms with Crippen LogP contribution in [0.3, 0.4) is 0 Å². The summed E-state index contributed by atoms with van der Waals surface area (Å²) in [6.07, 6.45) is 3.85. The molecule has 0 aliphatic carbocycles. The van der Waals surface area contributed by atoms with Gasteiger partial charge < -0.3 is 4.74 Å². The van der Waals surface area contributed by atoms with Gasteiger partial charge in [-0.2, -0.15) is 9.37 Å². The lowest BCUT2D eigenvalue weighted by atomic mass is 10.3. The fraction of sp³-hybridized carbons (Fsp3) is 0.556. The molecule has 16 heavy (non-hydrogen) atoms. The highest BCUT2D eigenvalue weighted by atomic mass is 35.5. The summed E-state index contributed by atoms with van der Waals surface area (Å²) in [5.74, 6) is -0.639. The van der Waals surface area contributed by atoms with Crippen LogP contribution in [0.2, 0.25) is 5.28 Å². The molecule has 1 atom stereocenters. The minimum Gasteiger partial charge on any atom is -0.471 e. The van der Waals surface area contributed by atoms with E-state index in [1.807, 2.05) is 6.26 Å². The van der Waals surface area contributed by atoms with Crippen LogP contribution in [0.5, 0.6) is 5.88 Å². The first-order valence-electron chi connectivity index (χ1n) is 4.83. The Morgan fingerprint density at radius 2 is 2.50 bits per heavy atom. The molecule has 0 bridgehead atoms. The molecule has 88 valence electrons. The van der Waals surface area contributed by atoms with Crippen LogP contribution >= 0.6 is 23.5 Å². The number of ether oxygens (including phenoxy) is 1. The van der Waals surface area contributed by atoms with Gasteiger partial charge in [0, 0.05) is 13.1 Å². The lowest BCUT2D eigenvalue weighted by Gasteiger charge is -2.13. The normalized spacial score (nSPS) is 21.3. The lowest BCUT2D eigenvalue weighted by molar-refractivity contribution is 0.197. The Hall–Kier alpha value is -0.590. The Labute approximate surface area is 102 Å². The van der Waals surface area contributed by atoms with E-state index in [0.717, 1.165) is 25.7 Å². The summed E-state index contributed by atoms with van der Waals surface area (Å²) in [6, 6.07) is 0. The van der Waals surface area contributed by atoms with E-state index in [-0.39, 0.29) is 17.3 Å². The van der Waals surface area contributed by atoms with Crippen LogP contribution in [0.25, 0.3) is 0 Å². The molecule has 0 saturated carbocycles. The number of aromatic nitrogens is 2. The van der Waals surface area contributed by atoms with E-state index in [9.17, 15) is 4.39 Å². The third-order valence-corrected chi connectivity index (χ3v) is 3.36. The highest BCUT2D eigenvalue weighted by molar-refractivity contribution is 7.96. The average Bonchev–Trinajstić information content (AvgIpc) is 2.71. The summed E-state index contributed by atoms with van der Waals surface area (Å²) in [5.41, 5.74) is 0. The summed E-state index contributed by atoms with van der Waals surface area (Å²) >= 11 is 7.23. The average molecular weight is 264 g/mol. The van der Waals surface area contributed by atoms with Crippen LogP contribution in [0.1, 0.15) is 6.42 Å². The monoisotopic (exact) mass is 263 g/mol. The first-order valence-corrected chi connectivity index (χ1v) is 6.38. The van der Waals surface area contributed by atoms with Crippen LogP contribution < -0.4 is 4.74 Å². The summed E-state index contributed by atoms with van der Waals surface area (Å²) < 4.78 is 20.9. The molecule has 2 rings (SSSR count). The SMILES string of the molecule is CSN1CCC(Oc2nc(Cl)ncc2F)C1. The van der Waals surface area contributed by atoms with Gasteiger partial charge in [0.05, 0.1) is 6.20 Å². The quantitative estimate of drug-likeness (QED) is 0.616. The standard InChI is InChI=1S/C9H11ClFN3OS/c1-16-14-3-2-6(5-14)15-8-7(11)4-12-9(10)13-8/h4,6H,2-3,5H2,1H3. The van der Waals surface area contributed by atoms with E-state index in [0.29, 0.717) is 0 Å². The van der Waals surface area contributed by atoms with Gasteiger partial charge in [0.2, 0.25) is 11.1 Å². The number of halogens is 2. The Morgan fingerprint density at radius 1 is 1.69 bits per heavy atom. The van der Waals surface area contributed by atoms with Gasteiger partial charge in [-0.1, -0.05) is 11.9 Å². The van der Waals surface area contributed by atoms with Gasteiger partial charge in [0.25, 0.3) is 5.88 Å². The molecule has 1 aliphatic heterocycles. The molecule has 0 N–H and O–H groups in total. The van der Waals surface area contributed by atoms with Crippen molar-refractivity contribution in [3.63, 3.8) is 0 Å². The third kappa shape index (κ3) is 2.75. The summed E-state index contributed by atoms with van der Waals surface area (Å²) in [4.78, 5) is 7.25. The fourth-order valence-electron chi connectivity index (χ4n) is 1.53. The first kappa shape index (κ1) is 11.9. The molecule has 1 unspecified atom stereocenters. The largest absolute Gasteiger partial charge is 0.471 e. The summed E-state index contributed by atoms with van der Waals surface area (Å²) in [7, 11) is 0. The van der Waals surface area contributed by atoms with Crippen molar-refractivity contribution in [1.82, 2.24) is 14.3 Å². The minimum atomic E-state index is -0.577. The predicted octanol–water partition coefficient (Wildman–Crippen LogP) is 2.00. The molecule has 0 amide bonds. The Balaban J connectivity index is 2.01. The van der Waals surface area contributed by atoms with Crippen molar-refractivity contribution in [3.8, 4) is 5.88 Å². The highest BCUT2D eigenvalue weighted by Crippen LogP contribution is 2.22. The molecule has 0 spiro atoms. The number of hydrogen-bond donors (Lipinski definition) is 0. The van der Waals surface area contributed by atoms with Crippen LogP contribution in [0, 0.1) is 5.82 Å². The fourth-order valence-corrected chi connectivity index (χ4v) is 2.26. The van der Waals surface area contributed by atoms with E-state index in [1.54, 1.807) is 11.9 Å². The lowest BCUT2D eigenvalue weighted by Crippen LogP contribution is -2.21. The second-order valence-corrected chi connectivity index (χ2v) is 4.61. The highest BCUT2D eigenvalue weighted by Gasteiger charge is 2.25. The van der Waals surface area contributed by atoms with Gasteiger partial charge in [-0.3, -0.25) is 0 Å². The molecule has 0 radical (unpaired) electrons. The number of rotatable bonds is 3. The van der Waals surface area contributed by atoms with Crippen LogP contribution in [0.15, 0.2) is 6.20 Å². The molecule has 1 fully saturated rings. The Morgan fingerprint density at radius 3 is 3.19 bits per heavy atom. The van der Waals surface area contributed by atoms with Crippen LogP contribution in [-0.2, 0) is 0 Å². The summed E-state index contributed by atoms with van der Waals surface area (Å²) in [5, 5.41) is -0.00359. The van der Waals surface area contributed by atoms with Gasteiger partial charge in [0.1, 0.15) is 6.10 Å². The van der Waals surface area contributed by atoms with Crippen molar-refractivity contribution < 1.29 is 9.13 Å². The van der Waals surface area contributed by atoms with Gasteiger partial charge >= 0.3 is 0 Å². The Kier molecular flexibility index (Phi) is 3.83. The van der Waals surface area contributed by atoms with E-state index in [2.05, 4.69) is 14.3 Å². The first-order chi connectivity index (χ1) is 7.69. The van der Waals surface area contributed by atoms with Crippen molar-refractivity contribution in [1.29, 1.82) is 0 Å². The minimum absolute atomic E-state index is 0.00359. The maximum Gasteiger partial charge on any atom is 0.255 e. The maximum absolute atomic E-state index is 13.3. The third-order valence-electron chi connectivity index (χ3n) is 2.33. The van der Waals surface area contributed by atoms with Gasteiger partial charge in [0.15, 0.2) is 0 Å². The van der Waals surface area contributed by atoms with E-state index >= 15 is 0 Å². The van der Waals surface area contributed by atoms with Gasteiger partial charge in [-0.05, 0) is 24.3 Å². The van der Waals surface area contributed by atoms with E-state index in [1.165, 1.54) is 0 Å². The van der Waals surface area contributed by atoms with Crippen molar-refractivity contribution in [3.05, 3.63) is 17.3 Å². The molecule has 4 nitrogen and oxygen atoms in total. The van der Waals surface area contributed by atoms with Crippen molar-refractivity contribution in [2.75, 3.05) is 19.3 Å². The zero-order chi connectivity index (χ0) is 11.5. The number of nitrogens with zero attached hydrogens (tertiary/aromatic N) is 3. The van der Waals surface area contributed by atoms with Crippen molar-refractivity contribution in [2.45, 2.75) is 12.5 Å². The zero-order valence-corrected chi connectivity index (χ0v) is 10.3. The van der Waals surface area contributed by atoms with E-state index in [4.69, 9.17) is 16.3 Å². The number of hydrogen-bond acceptors (Lipinski definition) is 5. The summed E-state index contributed by atoms with van der Waals surface area (Å²) in [6.45, 7) is 1.70. The van der Waals surface area contributed by atoms with E-state index < -0.39 is 5.82 Å². The Bertz CT molecular complexity index is 382. The molecular weight excluding hydrogens is 253 g/mol. The van der Waals surface area contributed by atoms with Gasteiger partial charge in [-0.25, -0.2) is 9.29 Å². The van der Waals surface area contributed by atoms with Crippen LogP contribution in [0.4, 0.5) is 4.39 Å². The molecule has 1 aromatic heterocycles. The second-order valence-electron chi connectivity index (χ2n) is 3.39. The second kappa shape index (κ2) is 5.16. The molecule has 1 aromatic rings. The van der Waals surface area contributed by atoms with Gasteiger partial charge in [-0.15, -0.1) is 0 Å². The smallest absolute Gasteiger partial charge is 0.255 e. The molecule has 0 aromatic carbocycles. The topological polar surface area (TPSA) is 38.2 Å². The molecular formula is C9H11ClFN3OS. The predicted molar refractivity (Wildman–Crippen MR) is 61.1 cm³/mol.